The molecule has 0 amide bonds. The van der Waals surface area contributed by atoms with Crippen molar-refractivity contribution in [2.45, 2.75) is 25.2 Å². The van der Waals surface area contributed by atoms with Crippen molar-refractivity contribution in [3.05, 3.63) is 0 Å². The van der Waals surface area contributed by atoms with Crippen molar-refractivity contribution >= 4 is 13.3 Å². The molecule has 0 saturated heterocycles. The van der Waals surface area contributed by atoms with Crippen LogP contribution >= 0.6 is 7.37 Å². The monoisotopic (exact) mass is 245 g/mol. The fourth-order valence-electron chi connectivity index (χ4n) is 0.651. The van der Waals surface area contributed by atoms with Crippen LogP contribution in [0.15, 0.2) is 0 Å². The van der Waals surface area contributed by atoms with E-state index >= 15 is 0 Å². The van der Waals surface area contributed by atoms with Crippen molar-refractivity contribution in [3.8, 4) is 0 Å². The molecule has 0 aromatic carbocycles. The van der Waals surface area contributed by atoms with Crippen LogP contribution in [0.3, 0.4) is 0 Å². The maximum absolute atomic E-state index is 11.2. The van der Waals surface area contributed by atoms with E-state index in [4.69, 9.17) is 16.6 Å². The lowest BCUT2D eigenvalue weighted by Gasteiger charge is -2.15. The number of halogens is 1. The summed E-state index contributed by atoms with van der Waals surface area (Å²) >= 11 is 0. The number of carbonyl (C=O) groups is 1. The van der Waals surface area contributed by atoms with Gasteiger partial charge in [-0.05, 0) is 13.3 Å². The van der Waals surface area contributed by atoms with Crippen LogP contribution in [0.4, 0.5) is 0 Å². The molecule has 1 unspecified atom stereocenters. The Morgan fingerprint density at radius 3 is 2.21 bits per heavy atom. The molecule has 8 heteroatoms. The first-order valence-corrected chi connectivity index (χ1v) is 5.74. The molecule has 0 radical (unpaired) electrons. The number of carboxylic acid groups (broad SMARTS) is 1. The van der Waals surface area contributed by atoms with Gasteiger partial charge in [0.2, 0.25) is 7.37 Å². The number of aliphatic carboxylic acids is 1. The average molecular weight is 246 g/mol. The van der Waals surface area contributed by atoms with Crippen molar-refractivity contribution in [2.24, 2.45) is 11.5 Å². The predicted molar refractivity (Wildman–Crippen MR) is 48.6 cm³/mol. The van der Waals surface area contributed by atoms with E-state index in [9.17, 15) is 14.3 Å². The third-order valence-electron chi connectivity index (χ3n) is 1.71. The third-order valence-corrected chi connectivity index (χ3v) is 3.89. The first-order valence-electron chi connectivity index (χ1n) is 3.83. The maximum Gasteiger partial charge on any atom is 0.320 e. The van der Waals surface area contributed by atoms with E-state index in [-0.39, 0.29) is 25.0 Å². The fraction of sp³-hybridized carbons (Fsp3) is 0.833. The molecular weight excluding hydrogens is 231 g/mol. The molecule has 0 heterocycles. The van der Waals surface area contributed by atoms with Crippen LogP contribution in [-0.4, -0.2) is 34.0 Å². The van der Waals surface area contributed by atoms with E-state index in [1.165, 1.54) is 6.92 Å². The van der Waals surface area contributed by atoms with Gasteiger partial charge in [-0.1, -0.05) is 0 Å². The Hall–Kier alpha value is -0.130. The Kier molecular flexibility index (Phi) is 7.42. The molecule has 6 N–H and O–H groups in total. The van der Waals surface area contributed by atoms with Crippen LogP contribution in [0, 0.1) is 0 Å². The van der Waals surface area contributed by atoms with Gasteiger partial charge >= 0.3 is 5.97 Å². The molecule has 0 aliphatic heterocycles. The Bertz CT molecular complexity index is 236. The van der Waals surface area contributed by atoms with Gasteiger partial charge in [-0.15, -0.1) is 0 Å². The van der Waals surface area contributed by atoms with Crippen LogP contribution in [0.25, 0.3) is 0 Å². The number of carboxylic acids is 1. The maximum atomic E-state index is 11.2. The molecule has 0 aliphatic carbocycles. The van der Waals surface area contributed by atoms with Crippen LogP contribution in [0.2, 0.25) is 0 Å². The van der Waals surface area contributed by atoms with Gasteiger partial charge < -0.3 is 33.9 Å². The van der Waals surface area contributed by atoms with Gasteiger partial charge in [-0.3, -0.25) is 9.36 Å². The van der Waals surface area contributed by atoms with Crippen LogP contribution in [-0.2, 0) is 9.36 Å². The summed E-state index contributed by atoms with van der Waals surface area (Å²) in [6, 6.07) is -1.10. The van der Waals surface area contributed by atoms with Gasteiger partial charge in [0, 0.05) is 6.16 Å². The van der Waals surface area contributed by atoms with Crippen LogP contribution < -0.4 is 23.9 Å². The largest absolute Gasteiger partial charge is 1.00 e. The van der Waals surface area contributed by atoms with E-state index in [2.05, 4.69) is 0 Å². The predicted octanol–water partition coefficient (Wildman–Crippen LogP) is -3.63. The average Bonchev–Trinajstić information content (AvgIpc) is 1.99. The molecule has 86 valence electrons. The lowest BCUT2D eigenvalue weighted by Crippen LogP contribution is -3.00. The second-order valence-electron chi connectivity index (χ2n) is 2.95. The SMILES string of the molecule is C[C@H](N)P(=O)(O)CC[C@H](N)C(=O)O.[Cl-]. The van der Waals surface area contributed by atoms with Gasteiger partial charge in [0.15, 0.2) is 0 Å². The van der Waals surface area contributed by atoms with Crippen molar-refractivity contribution < 1.29 is 31.8 Å². The summed E-state index contributed by atoms with van der Waals surface area (Å²) in [5.74, 6) is -2.02. The molecule has 0 saturated carbocycles. The molecule has 14 heavy (non-hydrogen) atoms. The first-order chi connectivity index (χ1) is 5.77. The van der Waals surface area contributed by atoms with Crippen LogP contribution in [0.5, 0.6) is 0 Å². The van der Waals surface area contributed by atoms with E-state index in [1.54, 1.807) is 0 Å². The van der Waals surface area contributed by atoms with Crippen LogP contribution in [0.1, 0.15) is 13.3 Å². The Balaban J connectivity index is 0. The minimum Gasteiger partial charge on any atom is -1.00 e. The quantitative estimate of drug-likeness (QED) is 0.370. The summed E-state index contributed by atoms with van der Waals surface area (Å²) < 4.78 is 11.2. The number of hydrogen-bond donors (Lipinski definition) is 4. The molecule has 0 fully saturated rings. The highest BCUT2D eigenvalue weighted by Gasteiger charge is 2.25. The zero-order valence-corrected chi connectivity index (χ0v) is 9.41. The van der Waals surface area contributed by atoms with Crippen molar-refractivity contribution in [1.29, 1.82) is 0 Å². The molecule has 0 aromatic heterocycles. The number of hydrogen-bond acceptors (Lipinski definition) is 4. The third kappa shape index (κ3) is 5.57. The second kappa shape index (κ2) is 6.37. The molecule has 3 atom stereocenters. The van der Waals surface area contributed by atoms with E-state index in [0.29, 0.717) is 0 Å². The van der Waals surface area contributed by atoms with Crippen molar-refractivity contribution in [1.82, 2.24) is 0 Å². The Labute approximate surface area is 88.5 Å². The summed E-state index contributed by atoms with van der Waals surface area (Å²) in [7, 11) is -3.42. The van der Waals surface area contributed by atoms with Gasteiger partial charge in [0.25, 0.3) is 0 Å². The minimum absolute atomic E-state index is 0. The first kappa shape index (κ1) is 16.3. The minimum atomic E-state index is -3.42. The highest BCUT2D eigenvalue weighted by molar-refractivity contribution is 7.58. The number of rotatable bonds is 5. The zero-order valence-electron chi connectivity index (χ0n) is 7.76. The molecule has 0 aromatic rings. The summed E-state index contributed by atoms with van der Waals surface area (Å²) in [5, 5.41) is 8.39. The highest BCUT2D eigenvalue weighted by atomic mass is 35.5. The normalized spacial score (nSPS) is 18.9. The molecule has 0 bridgehead atoms. The summed E-state index contributed by atoms with van der Waals surface area (Å²) in [6.45, 7) is 1.41. The topological polar surface area (TPSA) is 127 Å². The number of nitrogens with two attached hydrogens (primary N) is 2. The summed E-state index contributed by atoms with van der Waals surface area (Å²) in [4.78, 5) is 19.5. The van der Waals surface area contributed by atoms with Gasteiger partial charge in [-0.2, -0.15) is 0 Å². The summed E-state index contributed by atoms with van der Waals surface area (Å²) in [6.07, 6.45) is -0.192. The molecule has 6 nitrogen and oxygen atoms in total. The zero-order chi connectivity index (χ0) is 10.6. The van der Waals surface area contributed by atoms with E-state index in [1.807, 2.05) is 0 Å². The Morgan fingerprint density at radius 2 is 1.93 bits per heavy atom. The van der Waals surface area contributed by atoms with E-state index < -0.39 is 25.2 Å². The fourth-order valence-corrected chi connectivity index (χ4v) is 1.71. The molecule has 0 spiro atoms. The molecule has 0 rings (SSSR count). The van der Waals surface area contributed by atoms with E-state index in [0.717, 1.165) is 0 Å². The van der Waals surface area contributed by atoms with Gasteiger partial charge in [0.1, 0.15) is 6.04 Å². The second-order valence-corrected chi connectivity index (χ2v) is 5.73. The highest BCUT2D eigenvalue weighted by Crippen LogP contribution is 2.44. The molecular formula is C6H15ClN2O4P-. The van der Waals surface area contributed by atoms with Crippen molar-refractivity contribution in [3.63, 3.8) is 0 Å². The van der Waals surface area contributed by atoms with Gasteiger partial charge in [-0.25, -0.2) is 0 Å². The standard InChI is InChI=1S/C6H15N2O4P.ClH/c1-4(7)13(11,12)3-2-5(8)6(9)10;/h4-5H,2-3,7-8H2,1H3,(H,9,10)(H,11,12);1H/p-1/t4-,5+;/m1./s1. The molecule has 0 aliphatic rings. The lowest BCUT2D eigenvalue weighted by molar-refractivity contribution is -0.138. The lowest BCUT2D eigenvalue weighted by atomic mass is 10.2. The Morgan fingerprint density at radius 1 is 1.50 bits per heavy atom. The summed E-state index contributed by atoms with van der Waals surface area (Å²) in [5.41, 5.74) is 10.4. The van der Waals surface area contributed by atoms with Gasteiger partial charge in [0.05, 0.1) is 5.78 Å². The smallest absolute Gasteiger partial charge is 0.320 e. The van der Waals surface area contributed by atoms with Crippen molar-refractivity contribution in [2.75, 3.05) is 6.16 Å².